The third-order valence-corrected chi connectivity index (χ3v) is 1.76. The highest BCUT2D eigenvalue weighted by molar-refractivity contribution is 6.34. The van der Waals surface area contributed by atoms with Crippen LogP contribution in [0.2, 0.25) is 10.0 Å². The van der Waals surface area contributed by atoms with Crippen LogP contribution in [0.15, 0.2) is 12.1 Å². The predicted octanol–water partition coefficient (Wildman–Crippen LogP) is 3.97. The second-order valence-corrected chi connectivity index (χ2v) is 4.52. The summed E-state index contributed by atoms with van der Waals surface area (Å²) in [5.74, 6) is 0.595. The lowest BCUT2D eigenvalue weighted by atomic mass is 10.2. The van der Waals surface area contributed by atoms with E-state index in [1.54, 1.807) is 12.1 Å². The number of rotatable bonds is 1. The third-order valence-electron chi connectivity index (χ3n) is 1.25. The van der Waals surface area contributed by atoms with E-state index >= 15 is 0 Å². The Morgan fingerprint density at radius 1 is 1.31 bits per heavy atom. The van der Waals surface area contributed by atoms with Gasteiger partial charge in [0.2, 0.25) is 0 Å². The second-order valence-electron chi connectivity index (χ2n) is 3.71. The smallest absolute Gasteiger partial charge is 0.140 e. The Hall–Kier alpha value is -0.400. The Morgan fingerprint density at radius 2 is 1.92 bits per heavy atom. The van der Waals surface area contributed by atoms with Crippen molar-refractivity contribution in [3.63, 3.8) is 0 Å². The summed E-state index contributed by atoms with van der Waals surface area (Å²) in [6.45, 7) is 5.86. The molecule has 0 unspecified atom stereocenters. The summed E-state index contributed by atoms with van der Waals surface area (Å²) < 4.78 is 5.58. The molecule has 0 aliphatic rings. The molecular weight excluding hydrogens is 207 g/mol. The molecule has 71 valence electrons. The maximum atomic E-state index is 5.89. The molecule has 1 aromatic carbocycles. The molecule has 0 atom stereocenters. The number of hydrogen-bond donors (Lipinski definition) is 0. The first kappa shape index (κ1) is 10.7. The molecule has 1 radical (unpaired) electrons. The van der Waals surface area contributed by atoms with Gasteiger partial charge in [0.1, 0.15) is 11.4 Å². The zero-order valence-corrected chi connectivity index (χ0v) is 9.33. The average Bonchev–Trinajstić information content (AvgIpc) is 1.94. The van der Waals surface area contributed by atoms with E-state index in [-0.39, 0.29) is 5.60 Å². The summed E-state index contributed by atoms with van der Waals surface area (Å²) in [5.41, 5.74) is -0.270. The number of halogens is 2. The molecule has 13 heavy (non-hydrogen) atoms. The fraction of sp³-hybridized carbons (Fsp3) is 0.400. The summed E-state index contributed by atoms with van der Waals surface area (Å²) in [6, 6.07) is 6.04. The van der Waals surface area contributed by atoms with Gasteiger partial charge in [-0.1, -0.05) is 23.2 Å². The van der Waals surface area contributed by atoms with Gasteiger partial charge in [-0.05, 0) is 26.8 Å². The van der Waals surface area contributed by atoms with Crippen molar-refractivity contribution in [2.24, 2.45) is 0 Å². The highest BCUT2D eigenvalue weighted by Gasteiger charge is 2.14. The standard InChI is InChI=1S/C10H11Cl2O/c1-10(2,3)13-9-6-7(11)4-5-8(9)12/h5-6H,1-3H3. The zero-order chi connectivity index (χ0) is 10.1. The second kappa shape index (κ2) is 3.77. The van der Waals surface area contributed by atoms with Crippen molar-refractivity contribution in [2.75, 3.05) is 0 Å². The lowest BCUT2D eigenvalue weighted by Crippen LogP contribution is -2.23. The van der Waals surface area contributed by atoms with Crippen LogP contribution in [-0.4, -0.2) is 5.60 Å². The Labute approximate surface area is 88.6 Å². The topological polar surface area (TPSA) is 9.23 Å². The lowest BCUT2D eigenvalue weighted by molar-refractivity contribution is 0.131. The van der Waals surface area contributed by atoms with E-state index in [1.807, 2.05) is 20.8 Å². The first-order chi connectivity index (χ1) is 5.88. The minimum absolute atomic E-state index is 0.270. The van der Waals surface area contributed by atoms with Crippen molar-refractivity contribution in [3.8, 4) is 5.75 Å². The van der Waals surface area contributed by atoms with Crippen molar-refractivity contribution >= 4 is 23.2 Å². The minimum Gasteiger partial charge on any atom is -0.487 e. The molecule has 0 aliphatic carbocycles. The van der Waals surface area contributed by atoms with Crippen LogP contribution >= 0.6 is 23.2 Å². The van der Waals surface area contributed by atoms with Crippen LogP contribution in [0.25, 0.3) is 0 Å². The molecule has 0 saturated carbocycles. The van der Waals surface area contributed by atoms with Gasteiger partial charge in [-0.25, -0.2) is 0 Å². The maximum absolute atomic E-state index is 5.89. The van der Waals surface area contributed by atoms with Gasteiger partial charge in [-0.2, -0.15) is 0 Å². The quantitative estimate of drug-likeness (QED) is 0.692. The van der Waals surface area contributed by atoms with Crippen LogP contribution in [-0.2, 0) is 0 Å². The predicted molar refractivity (Wildman–Crippen MR) is 55.7 cm³/mol. The summed E-state index contributed by atoms with van der Waals surface area (Å²) in [4.78, 5) is 0. The molecule has 0 N–H and O–H groups in total. The molecule has 0 bridgehead atoms. The Balaban J connectivity index is 2.94. The van der Waals surface area contributed by atoms with Gasteiger partial charge in [0.05, 0.1) is 10.0 Å². The molecule has 1 rings (SSSR count). The molecule has 1 aromatic rings. The van der Waals surface area contributed by atoms with Crippen molar-refractivity contribution in [1.82, 2.24) is 0 Å². The summed E-state index contributed by atoms with van der Waals surface area (Å²) >= 11 is 11.6. The molecule has 0 fully saturated rings. The fourth-order valence-corrected chi connectivity index (χ4v) is 1.14. The van der Waals surface area contributed by atoms with Crippen LogP contribution in [0.5, 0.6) is 5.75 Å². The molecule has 0 saturated heterocycles. The van der Waals surface area contributed by atoms with E-state index in [9.17, 15) is 0 Å². The van der Waals surface area contributed by atoms with Crippen LogP contribution in [0.1, 0.15) is 20.8 Å². The van der Waals surface area contributed by atoms with Crippen molar-refractivity contribution < 1.29 is 4.74 Å². The number of benzene rings is 1. The first-order valence-corrected chi connectivity index (χ1v) is 4.70. The Morgan fingerprint density at radius 3 is 2.46 bits per heavy atom. The van der Waals surface area contributed by atoms with Gasteiger partial charge in [0, 0.05) is 12.1 Å². The molecule has 0 heterocycles. The average molecular weight is 218 g/mol. The van der Waals surface area contributed by atoms with Gasteiger partial charge in [-0.3, -0.25) is 0 Å². The van der Waals surface area contributed by atoms with Crippen molar-refractivity contribution in [2.45, 2.75) is 26.4 Å². The zero-order valence-electron chi connectivity index (χ0n) is 7.82. The summed E-state index contributed by atoms with van der Waals surface area (Å²) in [6.07, 6.45) is 0. The van der Waals surface area contributed by atoms with Gasteiger partial charge in [0.15, 0.2) is 0 Å². The highest BCUT2D eigenvalue weighted by Crippen LogP contribution is 2.29. The van der Waals surface area contributed by atoms with E-state index in [2.05, 4.69) is 6.07 Å². The normalized spacial score (nSPS) is 11.5. The summed E-state index contributed by atoms with van der Waals surface area (Å²) in [5, 5.41) is 1.03. The van der Waals surface area contributed by atoms with Gasteiger partial charge < -0.3 is 4.74 Å². The largest absolute Gasteiger partial charge is 0.487 e. The van der Waals surface area contributed by atoms with Crippen molar-refractivity contribution in [3.05, 3.63) is 28.2 Å². The molecule has 0 aromatic heterocycles. The molecule has 0 amide bonds. The fourth-order valence-electron chi connectivity index (χ4n) is 0.837. The Bertz CT molecular complexity index is 302. The molecule has 1 nitrogen and oxygen atoms in total. The van der Waals surface area contributed by atoms with E-state index in [0.29, 0.717) is 15.8 Å². The van der Waals surface area contributed by atoms with Gasteiger partial charge >= 0.3 is 0 Å². The van der Waals surface area contributed by atoms with E-state index in [4.69, 9.17) is 27.9 Å². The molecular formula is C10H11Cl2O. The molecule has 0 spiro atoms. The highest BCUT2D eigenvalue weighted by atomic mass is 35.5. The SMILES string of the molecule is CC(C)(C)Oc1cc(Cl)[c]cc1Cl. The van der Waals surface area contributed by atoms with Crippen LogP contribution < -0.4 is 4.74 Å². The number of hydrogen-bond acceptors (Lipinski definition) is 1. The first-order valence-electron chi connectivity index (χ1n) is 3.94. The third kappa shape index (κ3) is 3.45. The van der Waals surface area contributed by atoms with E-state index in [1.165, 1.54) is 0 Å². The molecule has 0 aliphatic heterocycles. The summed E-state index contributed by atoms with van der Waals surface area (Å²) in [7, 11) is 0. The van der Waals surface area contributed by atoms with Crippen LogP contribution in [0.3, 0.4) is 0 Å². The van der Waals surface area contributed by atoms with Gasteiger partial charge in [-0.15, -0.1) is 0 Å². The van der Waals surface area contributed by atoms with E-state index in [0.717, 1.165) is 0 Å². The van der Waals surface area contributed by atoms with Crippen molar-refractivity contribution in [1.29, 1.82) is 0 Å². The Kier molecular flexibility index (Phi) is 3.09. The number of ether oxygens (including phenoxy) is 1. The van der Waals surface area contributed by atoms with E-state index < -0.39 is 0 Å². The maximum Gasteiger partial charge on any atom is 0.140 e. The molecule has 3 heteroatoms. The van der Waals surface area contributed by atoms with Gasteiger partial charge in [0.25, 0.3) is 0 Å². The lowest BCUT2D eigenvalue weighted by Gasteiger charge is -2.21. The van der Waals surface area contributed by atoms with Crippen LogP contribution in [0.4, 0.5) is 0 Å². The monoisotopic (exact) mass is 217 g/mol. The minimum atomic E-state index is -0.270. The van der Waals surface area contributed by atoms with Crippen LogP contribution in [0, 0.1) is 6.07 Å².